The molecule has 113 heavy (non-hydrogen) atoms. The van der Waals surface area contributed by atoms with Crippen LogP contribution in [0.3, 0.4) is 0 Å². The second-order valence-corrected chi connectivity index (χ2v) is 27.0. The van der Waals surface area contributed by atoms with Gasteiger partial charge in [-0.15, -0.1) is 0 Å². The number of carbonyl (C=O) groups excluding carboxylic acids is 16. The van der Waals surface area contributed by atoms with E-state index >= 15 is 0 Å². The van der Waals surface area contributed by atoms with Gasteiger partial charge in [0.1, 0.15) is 72.6 Å². The summed E-state index contributed by atoms with van der Waals surface area (Å²) in [6.45, 7) is 5.07. The number of aliphatic hydroxyl groups excluding tert-OH is 2. The molecule has 1 saturated heterocycles. The number of aliphatic carboxylic acids is 4. The number of esters is 1. The van der Waals surface area contributed by atoms with E-state index in [1.54, 1.807) is 30.5 Å². The molecule has 0 bridgehead atoms. The number of benzene rings is 1. The van der Waals surface area contributed by atoms with Gasteiger partial charge in [-0.2, -0.15) is 0 Å². The van der Waals surface area contributed by atoms with Crippen LogP contribution in [0.2, 0.25) is 0 Å². The number of carbonyl (C=O) groups is 20. The van der Waals surface area contributed by atoms with Crippen molar-refractivity contribution in [3.8, 4) is 0 Å². The number of hydrogen-bond donors (Lipinski definition) is 21. The van der Waals surface area contributed by atoms with E-state index < -0.39 is 261 Å². The number of ether oxygens (including phenoxy) is 2. The summed E-state index contributed by atoms with van der Waals surface area (Å²) in [5, 5.41) is 86.9. The van der Waals surface area contributed by atoms with Gasteiger partial charge >= 0.3 is 29.8 Å². The Morgan fingerprint density at radius 3 is 1.82 bits per heavy atom. The average Bonchev–Trinajstić information content (AvgIpc) is 1.79. The summed E-state index contributed by atoms with van der Waals surface area (Å²) < 4.78 is 10.6. The molecule has 1 aliphatic heterocycles. The summed E-state index contributed by atoms with van der Waals surface area (Å²) in [5.74, 6) is -30.5. The standard InChI is InChI=1S/C69H102N16O28/c1-9-31(3)17-13-11-12-14-20-45(88)75-39(23-35-27-72-37-19-16-15-18-36(35)37)60(101)79-42(26-50(95)96)63(104)83-53(55(97)57(71)98)66(107)82-52-34(6)113-69(111)51(32(4)10-2)81-59(100)38(21-22-48(91)92)77-61(102)40(24-44(70)87)76-46(89)28-73-65(106)54(56(112-8)68(109)110)84-64(105)43(30-86)80-62(103)41(25-49(93)94)78-58(99)33(5)74-47(90)29-85(7)67(52)108/h15-16,18-19,27,31-34,38-43,51-56,72,86,97H,9-14,17,20-26,28-30H2,1-8H3,(H2,70,87)(H2,71,98)(H,73,106)(H,74,90)(H,75,88)(H,76,89)(H,77,102)(H,78,99)(H,79,101)(H,80,103)(H,81,100)(H,82,107)(H,83,104)(H,84,105)(H,91,92)(H,93,94)(H,95,96)(H,109,110). The summed E-state index contributed by atoms with van der Waals surface area (Å²) in [6, 6.07) is -16.8. The zero-order valence-corrected chi connectivity index (χ0v) is 63.4. The van der Waals surface area contributed by atoms with Crippen LogP contribution in [0.15, 0.2) is 30.5 Å². The maximum Gasteiger partial charge on any atom is 0.335 e. The topological polar surface area (TPSA) is 697 Å². The van der Waals surface area contributed by atoms with E-state index in [2.05, 4.69) is 50.7 Å². The normalized spacial score (nSPS) is 22.4. The molecule has 44 heteroatoms. The fourth-order valence-corrected chi connectivity index (χ4v) is 11.2. The Bertz CT molecular complexity index is 3800. The number of nitrogens with zero attached hydrogens (tertiary/aromatic N) is 1. The van der Waals surface area contributed by atoms with Crippen molar-refractivity contribution in [3.63, 3.8) is 0 Å². The highest BCUT2D eigenvalue weighted by Crippen LogP contribution is 2.21. The molecule has 1 aliphatic rings. The Hall–Kier alpha value is -12.0. The van der Waals surface area contributed by atoms with Gasteiger partial charge in [0, 0.05) is 50.5 Å². The van der Waals surface area contributed by atoms with Crippen molar-refractivity contribution in [3.05, 3.63) is 36.0 Å². The molecule has 2 heterocycles. The highest BCUT2D eigenvalue weighted by atomic mass is 16.5. The van der Waals surface area contributed by atoms with Crippen LogP contribution in [-0.4, -0.2) is 278 Å². The summed E-state index contributed by atoms with van der Waals surface area (Å²) in [7, 11) is 1.62. The van der Waals surface area contributed by atoms with Gasteiger partial charge in [-0.05, 0) is 50.2 Å². The van der Waals surface area contributed by atoms with Gasteiger partial charge in [0.05, 0.1) is 39.0 Å². The molecule has 2 aromatic rings. The van der Waals surface area contributed by atoms with Crippen molar-refractivity contribution in [1.82, 2.24) is 73.7 Å². The van der Waals surface area contributed by atoms with Gasteiger partial charge in [0.25, 0.3) is 0 Å². The van der Waals surface area contributed by atoms with Crippen molar-refractivity contribution in [2.75, 3.05) is 33.9 Å². The van der Waals surface area contributed by atoms with Crippen molar-refractivity contribution in [2.24, 2.45) is 23.3 Å². The number of aromatic amines is 1. The van der Waals surface area contributed by atoms with Crippen LogP contribution in [-0.2, 0) is 112 Å². The van der Waals surface area contributed by atoms with E-state index in [1.807, 2.05) is 31.9 Å². The quantitative estimate of drug-likeness (QED) is 0.0229. The fraction of sp³-hybridized carbons (Fsp3) is 0.594. The van der Waals surface area contributed by atoms with Crippen molar-refractivity contribution in [1.29, 1.82) is 0 Å². The molecule has 1 aromatic heterocycles. The molecule has 23 N–H and O–H groups in total. The first-order valence-electron chi connectivity index (χ1n) is 35.9. The van der Waals surface area contributed by atoms with Gasteiger partial charge in [-0.3, -0.25) is 86.3 Å². The largest absolute Gasteiger partial charge is 0.481 e. The Balaban J connectivity index is 2.24. The number of fused-ring (bicyclic) bond motifs is 1. The average molecular weight is 1600 g/mol. The number of H-pyrrole nitrogens is 1. The smallest absolute Gasteiger partial charge is 0.335 e. The maximum atomic E-state index is 14.9. The number of carboxylic acid groups (broad SMARTS) is 4. The number of hydrogen-bond acceptors (Lipinski definition) is 24. The summed E-state index contributed by atoms with van der Waals surface area (Å²) in [4.78, 5) is 275. The van der Waals surface area contributed by atoms with Gasteiger partial charge in [0.15, 0.2) is 12.2 Å². The molecule has 15 amide bonds. The molecule has 44 nitrogen and oxygen atoms in total. The number of nitrogens with one attached hydrogen (secondary N) is 13. The van der Waals surface area contributed by atoms with Crippen molar-refractivity contribution < 1.29 is 136 Å². The number of primary amides is 2. The molecule has 0 radical (unpaired) electrons. The number of aliphatic hydroxyl groups is 2. The van der Waals surface area contributed by atoms with Crippen LogP contribution in [0.4, 0.5) is 0 Å². The molecular weight excluding hydrogens is 1500 g/mol. The van der Waals surface area contributed by atoms with Crippen LogP contribution in [0.25, 0.3) is 10.9 Å². The van der Waals surface area contributed by atoms with Gasteiger partial charge in [-0.25, -0.2) is 9.59 Å². The SMILES string of the molecule is CCC(C)CCCCCCC(=O)NC(Cc1c[nH]c2ccccc12)C(=O)NC(CC(=O)O)C(=O)NC(C(=O)NC1C(=O)N(C)CC(=O)NC(C)C(=O)NC(CC(=O)O)C(=O)NC(CO)C(=O)NC(C(OC)C(=O)O)C(=O)NCC(=O)NC(CC(N)=O)C(=O)NC(CCC(=O)O)C(=O)NC(C(C)CC)C(=O)OC1C)C(O)C(N)=O. The van der Waals surface area contributed by atoms with E-state index in [0.29, 0.717) is 40.1 Å². The molecule has 3 rings (SSSR count). The molecule has 16 atom stereocenters. The third kappa shape index (κ3) is 31.4. The summed E-state index contributed by atoms with van der Waals surface area (Å²) in [5.41, 5.74) is 12.0. The number of cyclic esters (lactones) is 1. The zero-order valence-electron chi connectivity index (χ0n) is 63.4. The van der Waals surface area contributed by atoms with Crippen molar-refractivity contribution in [2.45, 2.75) is 216 Å². The minimum atomic E-state index is -2.84. The van der Waals surface area contributed by atoms with Crippen molar-refractivity contribution >= 4 is 129 Å². The molecule has 626 valence electrons. The maximum absolute atomic E-state index is 14.9. The van der Waals surface area contributed by atoms with Crippen LogP contribution < -0.4 is 75.3 Å². The lowest BCUT2D eigenvalue weighted by Gasteiger charge is -2.32. The number of nitrogens with two attached hydrogens (primary N) is 2. The number of unbranched alkanes of at least 4 members (excludes halogenated alkanes) is 3. The molecular formula is C69H102N16O28. The first kappa shape index (κ1) is 95.2. The lowest BCUT2D eigenvalue weighted by atomic mass is 9.98. The Kier molecular flexibility index (Phi) is 39.3. The van der Waals surface area contributed by atoms with Crippen LogP contribution in [0.1, 0.15) is 131 Å². The summed E-state index contributed by atoms with van der Waals surface area (Å²) >= 11 is 0. The van der Waals surface area contributed by atoms with Crippen LogP contribution >= 0.6 is 0 Å². The Labute approximate surface area is 646 Å². The predicted molar refractivity (Wildman–Crippen MR) is 388 cm³/mol. The number of amides is 15. The predicted octanol–water partition coefficient (Wildman–Crippen LogP) is -7.36. The molecule has 1 fully saturated rings. The lowest BCUT2D eigenvalue weighted by molar-refractivity contribution is -0.159. The van der Waals surface area contributed by atoms with Gasteiger partial charge in [-0.1, -0.05) is 84.4 Å². The monoisotopic (exact) mass is 1600 g/mol. The number of likely N-dealkylation sites (N-methyl/N-ethyl adjacent to an activating group) is 1. The number of carboxylic acids is 4. The number of rotatable bonds is 34. The fourth-order valence-electron chi connectivity index (χ4n) is 11.2. The summed E-state index contributed by atoms with van der Waals surface area (Å²) in [6.07, 6.45) is -6.73. The minimum absolute atomic E-state index is 0.0444. The highest BCUT2D eigenvalue weighted by Gasteiger charge is 2.44. The van der Waals surface area contributed by atoms with Crippen LogP contribution in [0.5, 0.6) is 0 Å². The first-order valence-corrected chi connectivity index (χ1v) is 35.9. The first-order chi connectivity index (χ1) is 53.1. The van der Waals surface area contributed by atoms with E-state index in [-0.39, 0.29) is 19.3 Å². The van der Waals surface area contributed by atoms with Gasteiger partial charge < -0.3 is 125 Å². The molecule has 1 aromatic carbocycles. The Morgan fingerprint density at radius 1 is 0.646 bits per heavy atom. The lowest BCUT2D eigenvalue weighted by Crippen LogP contribution is -2.64. The second-order valence-electron chi connectivity index (χ2n) is 27.0. The molecule has 0 saturated carbocycles. The number of para-hydroxylation sites is 1. The second kappa shape index (κ2) is 46.6. The van der Waals surface area contributed by atoms with E-state index in [1.165, 1.54) is 13.8 Å². The Morgan fingerprint density at radius 2 is 1.24 bits per heavy atom. The number of aromatic nitrogens is 1. The van der Waals surface area contributed by atoms with E-state index in [9.17, 15) is 127 Å². The minimum Gasteiger partial charge on any atom is -0.481 e. The van der Waals surface area contributed by atoms with Gasteiger partial charge in [0.2, 0.25) is 88.6 Å². The molecule has 0 spiro atoms. The molecule has 16 unspecified atom stereocenters. The third-order valence-corrected chi connectivity index (χ3v) is 18.1. The molecule has 0 aliphatic carbocycles. The van der Waals surface area contributed by atoms with Crippen LogP contribution in [0, 0.1) is 11.8 Å². The van der Waals surface area contributed by atoms with E-state index in [0.717, 1.165) is 53.7 Å². The number of methoxy groups -OCH3 is 1. The highest BCUT2D eigenvalue weighted by molar-refractivity contribution is 6.03. The zero-order chi connectivity index (χ0) is 85.3. The van der Waals surface area contributed by atoms with E-state index in [4.69, 9.17) is 20.9 Å². The third-order valence-electron chi connectivity index (χ3n) is 18.1.